The summed E-state index contributed by atoms with van der Waals surface area (Å²) in [4.78, 5) is 2.33. The van der Waals surface area contributed by atoms with Crippen LogP contribution in [0, 0.1) is 0 Å². The molecule has 3 radical (unpaired) electrons. The number of hydrogen-bond acceptors (Lipinski definition) is 1. The molecule has 4 aromatic rings. The van der Waals surface area contributed by atoms with Crippen LogP contribution >= 0.6 is 7.14 Å². The van der Waals surface area contributed by atoms with Gasteiger partial charge in [-0.2, -0.15) is 0 Å². The number of para-hydroxylation sites is 3. The third kappa shape index (κ3) is 2.45. The predicted octanol–water partition coefficient (Wildman–Crippen LogP) is 4.85. The quantitative estimate of drug-likeness (QED) is 0.364. The summed E-state index contributed by atoms with van der Waals surface area (Å²) in [6, 6.07) is 38.2. The molecule has 1 heterocycles. The number of rotatable bonds is 2. The van der Waals surface area contributed by atoms with Crippen LogP contribution in [-0.4, -0.2) is 7.57 Å². The molecule has 0 saturated heterocycles. The first-order chi connectivity index (χ1) is 13.3. The van der Waals surface area contributed by atoms with Gasteiger partial charge >= 0.3 is 0 Å². The molecule has 0 saturated carbocycles. The molecule has 0 amide bonds. The van der Waals surface area contributed by atoms with Gasteiger partial charge in [0.15, 0.2) is 0 Å². The molecule has 0 bridgehead atoms. The molecule has 0 aromatic heterocycles. The Labute approximate surface area is 162 Å². The summed E-state index contributed by atoms with van der Waals surface area (Å²) >= 11 is 0. The lowest BCUT2D eigenvalue weighted by Gasteiger charge is -2.46. The monoisotopic (exact) mass is 362 g/mol. The fourth-order valence-corrected chi connectivity index (χ4v) is 7.13. The van der Waals surface area contributed by atoms with E-state index in [1.165, 1.54) is 27.3 Å². The van der Waals surface area contributed by atoms with Crippen molar-refractivity contribution < 1.29 is 0 Å². The smallest absolute Gasteiger partial charge is 0.0848 e. The van der Waals surface area contributed by atoms with E-state index in [1.807, 2.05) is 6.07 Å². The van der Waals surface area contributed by atoms with E-state index in [0.717, 1.165) is 5.69 Å². The highest BCUT2D eigenvalue weighted by Crippen LogP contribution is 2.59. The number of benzene rings is 4. The standard InChI is InChI=1S/C24H18BNP/c25-27(20-13-5-2-6-14-20)23-17-9-7-15-21(23)26(19-11-3-1-4-12-19)22-16-8-10-18-24(22)27/h1-18H. The third-order valence-electron chi connectivity index (χ3n) is 5.18. The van der Waals surface area contributed by atoms with Crippen molar-refractivity contribution in [1.29, 1.82) is 0 Å². The molecular formula is C24H18BNP. The lowest BCUT2D eigenvalue weighted by molar-refractivity contribution is 1.30. The molecule has 0 N–H and O–H groups in total. The van der Waals surface area contributed by atoms with Crippen molar-refractivity contribution in [3.63, 3.8) is 0 Å². The van der Waals surface area contributed by atoms with Gasteiger partial charge < -0.3 is 4.90 Å². The topological polar surface area (TPSA) is 3.24 Å². The zero-order valence-corrected chi connectivity index (χ0v) is 15.8. The van der Waals surface area contributed by atoms with Crippen molar-refractivity contribution in [2.75, 3.05) is 4.90 Å². The molecule has 5 rings (SSSR count). The molecule has 0 spiro atoms. The first-order valence-electron chi connectivity index (χ1n) is 9.08. The summed E-state index contributed by atoms with van der Waals surface area (Å²) in [6.07, 6.45) is 0. The highest BCUT2D eigenvalue weighted by molar-refractivity contribution is 8.14. The van der Waals surface area contributed by atoms with Gasteiger partial charge in [0, 0.05) is 5.69 Å². The molecule has 4 aromatic carbocycles. The van der Waals surface area contributed by atoms with Gasteiger partial charge in [0.25, 0.3) is 0 Å². The maximum absolute atomic E-state index is 7.33. The van der Waals surface area contributed by atoms with E-state index >= 15 is 0 Å². The Kier molecular flexibility index (Phi) is 3.88. The van der Waals surface area contributed by atoms with E-state index < -0.39 is 7.14 Å². The Morgan fingerprint density at radius 1 is 0.519 bits per heavy atom. The summed E-state index contributed by atoms with van der Waals surface area (Å²) < 4.78 is 0. The molecule has 1 aliphatic heterocycles. The van der Waals surface area contributed by atoms with Crippen molar-refractivity contribution in [2.24, 2.45) is 0 Å². The Morgan fingerprint density at radius 3 is 1.52 bits per heavy atom. The molecule has 127 valence electrons. The van der Waals surface area contributed by atoms with Gasteiger partial charge in [0.1, 0.15) is 0 Å². The van der Waals surface area contributed by atoms with Crippen molar-refractivity contribution in [3.05, 3.63) is 109 Å². The van der Waals surface area contributed by atoms with E-state index in [4.69, 9.17) is 7.57 Å². The van der Waals surface area contributed by atoms with E-state index in [2.05, 4.69) is 108 Å². The predicted molar refractivity (Wildman–Crippen MR) is 119 cm³/mol. The highest BCUT2D eigenvalue weighted by atomic mass is 31.2. The van der Waals surface area contributed by atoms with Crippen LogP contribution < -0.4 is 20.8 Å². The molecule has 1 aliphatic rings. The van der Waals surface area contributed by atoms with Gasteiger partial charge in [-0.3, -0.25) is 7.57 Å². The minimum atomic E-state index is -2.20. The van der Waals surface area contributed by atoms with Crippen LogP contribution in [0.5, 0.6) is 0 Å². The fraction of sp³-hybridized carbons (Fsp3) is 0. The van der Waals surface area contributed by atoms with Crippen molar-refractivity contribution in [3.8, 4) is 0 Å². The van der Waals surface area contributed by atoms with Crippen LogP contribution in [0.15, 0.2) is 109 Å². The summed E-state index contributed by atoms with van der Waals surface area (Å²) in [6.45, 7) is 0. The summed E-state index contributed by atoms with van der Waals surface area (Å²) in [7, 11) is 5.13. The maximum atomic E-state index is 7.33. The lowest BCUT2D eigenvalue weighted by atomic mass is 10.2. The number of fused-ring (bicyclic) bond motifs is 2. The molecule has 0 atom stereocenters. The van der Waals surface area contributed by atoms with Gasteiger partial charge in [0.2, 0.25) is 0 Å². The first-order valence-corrected chi connectivity index (χ1v) is 10.9. The Bertz CT molecular complexity index is 1050. The van der Waals surface area contributed by atoms with Gasteiger partial charge in [-0.1, -0.05) is 60.7 Å². The minimum Gasteiger partial charge on any atom is -0.303 e. The lowest BCUT2D eigenvalue weighted by Crippen LogP contribution is -2.40. The van der Waals surface area contributed by atoms with Crippen LogP contribution in [0.1, 0.15) is 0 Å². The van der Waals surface area contributed by atoms with E-state index in [9.17, 15) is 0 Å². The third-order valence-corrected chi connectivity index (χ3v) is 8.57. The second-order valence-corrected chi connectivity index (χ2v) is 9.63. The average molecular weight is 362 g/mol. The van der Waals surface area contributed by atoms with Gasteiger partial charge in [-0.15, -0.1) is 7.14 Å². The zero-order valence-electron chi connectivity index (χ0n) is 14.9. The Hall–Kier alpha value is -2.83. The van der Waals surface area contributed by atoms with Crippen molar-refractivity contribution in [1.82, 2.24) is 0 Å². The molecule has 3 heteroatoms. The van der Waals surface area contributed by atoms with E-state index in [-0.39, 0.29) is 0 Å². The molecule has 27 heavy (non-hydrogen) atoms. The van der Waals surface area contributed by atoms with Crippen LogP contribution in [-0.2, 0) is 0 Å². The van der Waals surface area contributed by atoms with Gasteiger partial charge in [-0.05, 0) is 48.5 Å². The van der Waals surface area contributed by atoms with Crippen LogP contribution in [0.25, 0.3) is 0 Å². The second-order valence-electron chi connectivity index (χ2n) is 6.71. The number of nitrogens with zero attached hydrogens (tertiary/aromatic N) is 1. The summed E-state index contributed by atoms with van der Waals surface area (Å²) in [5, 5.41) is 3.65. The van der Waals surface area contributed by atoms with Crippen molar-refractivity contribution >= 4 is 47.7 Å². The fourth-order valence-electron chi connectivity index (χ4n) is 3.96. The van der Waals surface area contributed by atoms with E-state index in [1.54, 1.807) is 0 Å². The number of hydrogen-bond donors (Lipinski definition) is 0. The van der Waals surface area contributed by atoms with E-state index in [0.29, 0.717) is 0 Å². The molecule has 0 fully saturated rings. The average Bonchev–Trinajstić information content (AvgIpc) is 2.75. The van der Waals surface area contributed by atoms with Crippen molar-refractivity contribution in [2.45, 2.75) is 0 Å². The number of anilines is 3. The van der Waals surface area contributed by atoms with Crippen LogP contribution in [0.3, 0.4) is 0 Å². The van der Waals surface area contributed by atoms with Crippen LogP contribution in [0.4, 0.5) is 17.1 Å². The SMILES string of the molecule is [B-][P+]1(c2ccccc2)c2ccccc2N(c2ccccc2)c2ccccc21. The summed E-state index contributed by atoms with van der Waals surface area (Å²) in [5.74, 6) is 0. The Balaban J connectivity index is 1.86. The highest BCUT2D eigenvalue weighted by Gasteiger charge is 2.39. The normalized spacial score (nSPS) is 14.3. The van der Waals surface area contributed by atoms with Gasteiger partial charge in [-0.25, -0.2) is 0 Å². The molecular weight excluding hydrogens is 344 g/mol. The Morgan fingerprint density at radius 2 is 0.963 bits per heavy atom. The first kappa shape index (κ1) is 16.4. The molecule has 0 unspecified atom stereocenters. The largest absolute Gasteiger partial charge is 0.303 e. The minimum absolute atomic E-state index is 1.15. The van der Waals surface area contributed by atoms with Crippen LogP contribution in [0.2, 0.25) is 0 Å². The summed E-state index contributed by atoms with van der Waals surface area (Å²) in [5.41, 5.74) is 3.49. The second kappa shape index (κ2) is 6.41. The maximum Gasteiger partial charge on any atom is 0.0848 e. The van der Waals surface area contributed by atoms with Gasteiger partial charge in [0.05, 0.1) is 27.3 Å². The zero-order chi connectivity index (χ0) is 18.3. The molecule has 1 nitrogen and oxygen atoms in total. The molecule has 0 aliphatic carbocycles.